The summed E-state index contributed by atoms with van der Waals surface area (Å²) in [5.41, 5.74) is 0. The van der Waals surface area contributed by atoms with Crippen molar-refractivity contribution in [3.05, 3.63) is 29.3 Å². The molecule has 1 rings (SSSR count). The number of esters is 1. The van der Waals surface area contributed by atoms with E-state index in [2.05, 4.69) is 0 Å². The van der Waals surface area contributed by atoms with Gasteiger partial charge < -0.3 is 14.6 Å². The van der Waals surface area contributed by atoms with Crippen LogP contribution in [0.25, 0.3) is 0 Å². The molecule has 1 aromatic rings. The van der Waals surface area contributed by atoms with E-state index in [0.29, 0.717) is 10.8 Å². The van der Waals surface area contributed by atoms with E-state index < -0.39 is 18.2 Å². The minimum atomic E-state index is -1.30. The van der Waals surface area contributed by atoms with Gasteiger partial charge in [-0.15, -0.1) is 0 Å². The first-order chi connectivity index (χ1) is 8.04. The zero-order valence-electron chi connectivity index (χ0n) is 9.72. The molecular formula is C12H15ClO4. The molecule has 0 radical (unpaired) electrons. The minimum Gasteiger partial charge on any atom is -0.487 e. The fraction of sp³-hybridized carbons (Fsp3) is 0.417. The number of benzene rings is 1. The van der Waals surface area contributed by atoms with Gasteiger partial charge in [-0.25, -0.2) is 4.79 Å². The molecule has 2 atom stereocenters. The highest BCUT2D eigenvalue weighted by Crippen LogP contribution is 2.17. The van der Waals surface area contributed by atoms with Gasteiger partial charge in [0.25, 0.3) is 0 Å². The molecule has 1 N–H and O–H groups in total. The standard InChI is InChI=1S/C12H15ClO4/c1-3-16-12(15)11(14)8(2)17-10-6-4-9(13)5-7-10/h4-8,11,14H,3H2,1-2H3/t8-,11-/m0/s1. The molecule has 1 aromatic carbocycles. The van der Waals surface area contributed by atoms with Crippen LogP contribution < -0.4 is 4.74 Å². The second kappa shape index (κ2) is 6.47. The summed E-state index contributed by atoms with van der Waals surface area (Å²) >= 11 is 5.72. The largest absolute Gasteiger partial charge is 0.487 e. The lowest BCUT2D eigenvalue weighted by Crippen LogP contribution is -2.37. The Morgan fingerprint density at radius 3 is 2.53 bits per heavy atom. The molecule has 0 aliphatic carbocycles. The van der Waals surface area contributed by atoms with Crippen LogP contribution in [0.5, 0.6) is 5.75 Å². The van der Waals surface area contributed by atoms with E-state index in [9.17, 15) is 9.90 Å². The van der Waals surface area contributed by atoms with Crippen LogP contribution in [0.1, 0.15) is 13.8 Å². The van der Waals surface area contributed by atoms with Crippen molar-refractivity contribution in [2.75, 3.05) is 6.61 Å². The van der Waals surface area contributed by atoms with Gasteiger partial charge in [0.05, 0.1) is 6.61 Å². The van der Waals surface area contributed by atoms with Crippen LogP contribution in [0.4, 0.5) is 0 Å². The Kier molecular flexibility index (Phi) is 5.25. The Balaban J connectivity index is 2.56. The first kappa shape index (κ1) is 13.8. The summed E-state index contributed by atoms with van der Waals surface area (Å²) in [6.07, 6.45) is -1.99. The lowest BCUT2D eigenvalue weighted by molar-refractivity contribution is -0.157. The third-order valence-corrected chi connectivity index (χ3v) is 2.36. The smallest absolute Gasteiger partial charge is 0.338 e. The molecular weight excluding hydrogens is 244 g/mol. The lowest BCUT2D eigenvalue weighted by Gasteiger charge is -2.19. The summed E-state index contributed by atoms with van der Waals surface area (Å²) in [6.45, 7) is 3.50. The Hall–Kier alpha value is -1.26. The van der Waals surface area contributed by atoms with Gasteiger partial charge in [-0.2, -0.15) is 0 Å². The summed E-state index contributed by atoms with van der Waals surface area (Å²) in [4.78, 5) is 11.3. The molecule has 0 unspecified atom stereocenters. The topological polar surface area (TPSA) is 55.8 Å². The number of hydrogen-bond acceptors (Lipinski definition) is 4. The van der Waals surface area contributed by atoms with E-state index in [0.717, 1.165) is 0 Å². The first-order valence-electron chi connectivity index (χ1n) is 5.31. The van der Waals surface area contributed by atoms with Crippen LogP contribution in [0, 0.1) is 0 Å². The monoisotopic (exact) mass is 258 g/mol. The van der Waals surface area contributed by atoms with Gasteiger partial charge in [0.2, 0.25) is 0 Å². The van der Waals surface area contributed by atoms with Gasteiger partial charge in [0.15, 0.2) is 6.10 Å². The van der Waals surface area contributed by atoms with Gasteiger partial charge in [-0.3, -0.25) is 0 Å². The van der Waals surface area contributed by atoms with Crippen molar-refractivity contribution in [1.29, 1.82) is 0 Å². The van der Waals surface area contributed by atoms with Gasteiger partial charge in [0, 0.05) is 5.02 Å². The SMILES string of the molecule is CCOC(=O)[C@@H](O)[C@H](C)Oc1ccc(Cl)cc1. The van der Waals surface area contributed by atoms with Crippen molar-refractivity contribution >= 4 is 17.6 Å². The van der Waals surface area contributed by atoms with Crippen LogP contribution in [-0.2, 0) is 9.53 Å². The number of carbonyl (C=O) groups is 1. The minimum absolute atomic E-state index is 0.226. The Morgan fingerprint density at radius 1 is 1.41 bits per heavy atom. The summed E-state index contributed by atoms with van der Waals surface area (Å²) in [6, 6.07) is 6.66. The van der Waals surface area contributed by atoms with Gasteiger partial charge >= 0.3 is 5.97 Å². The molecule has 0 fully saturated rings. The van der Waals surface area contributed by atoms with Gasteiger partial charge in [-0.1, -0.05) is 11.6 Å². The maximum Gasteiger partial charge on any atom is 0.338 e. The predicted molar refractivity (Wildman–Crippen MR) is 64.2 cm³/mol. The number of carbonyl (C=O) groups excluding carboxylic acids is 1. The average molecular weight is 259 g/mol. The average Bonchev–Trinajstić information content (AvgIpc) is 2.31. The fourth-order valence-corrected chi connectivity index (χ4v) is 1.34. The number of rotatable bonds is 5. The van der Waals surface area contributed by atoms with Crippen molar-refractivity contribution < 1.29 is 19.4 Å². The molecule has 17 heavy (non-hydrogen) atoms. The van der Waals surface area contributed by atoms with E-state index in [1.54, 1.807) is 38.1 Å². The van der Waals surface area contributed by atoms with Crippen LogP contribution in [0.3, 0.4) is 0 Å². The first-order valence-corrected chi connectivity index (χ1v) is 5.69. The second-order valence-corrected chi connectivity index (χ2v) is 3.91. The summed E-state index contributed by atoms with van der Waals surface area (Å²) in [7, 11) is 0. The van der Waals surface area contributed by atoms with E-state index in [4.69, 9.17) is 21.1 Å². The number of aliphatic hydroxyl groups is 1. The Bertz CT molecular complexity index is 363. The molecule has 0 saturated carbocycles. The summed E-state index contributed by atoms with van der Waals surface area (Å²) < 4.78 is 10.1. The quantitative estimate of drug-likeness (QED) is 0.821. The Morgan fingerprint density at radius 2 is 2.00 bits per heavy atom. The van der Waals surface area contributed by atoms with Crippen molar-refractivity contribution in [3.63, 3.8) is 0 Å². The van der Waals surface area contributed by atoms with Crippen LogP contribution >= 0.6 is 11.6 Å². The highest BCUT2D eigenvalue weighted by Gasteiger charge is 2.25. The molecule has 0 heterocycles. The van der Waals surface area contributed by atoms with Crippen molar-refractivity contribution in [2.24, 2.45) is 0 Å². The fourth-order valence-electron chi connectivity index (χ4n) is 1.21. The van der Waals surface area contributed by atoms with Gasteiger partial charge in [-0.05, 0) is 38.1 Å². The number of aliphatic hydroxyl groups excluding tert-OH is 1. The molecule has 5 heteroatoms. The molecule has 4 nitrogen and oxygen atoms in total. The van der Waals surface area contributed by atoms with E-state index in [1.165, 1.54) is 0 Å². The maximum atomic E-state index is 11.3. The van der Waals surface area contributed by atoms with Crippen molar-refractivity contribution in [3.8, 4) is 5.75 Å². The van der Waals surface area contributed by atoms with Crippen molar-refractivity contribution in [2.45, 2.75) is 26.1 Å². The van der Waals surface area contributed by atoms with E-state index in [1.807, 2.05) is 0 Å². The molecule has 0 aliphatic rings. The van der Waals surface area contributed by atoms with E-state index >= 15 is 0 Å². The molecule has 0 saturated heterocycles. The van der Waals surface area contributed by atoms with E-state index in [-0.39, 0.29) is 6.61 Å². The number of ether oxygens (including phenoxy) is 2. The third kappa shape index (κ3) is 4.24. The maximum absolute atomic E-state index is 11.3. The lowest BCUT2D eigenvalue weighted by atomic mass is 10.2. The second-order valence-electron chi connectivity index (χ2n) is 3.47. The molecule has 0 amide bonds. The zero-order chi connectivity index (χ0) is 12.8. The summed E-state index contributed by atoms with van der Waals surface area (Å²) in [5, 5.41) is 10.2. The summed E-state index contributed by atoms with van der Waals surface area (Å²) in [5.74, 6) is -0.154. The van der Waals surface area contributed by atoms with Crippen molar-refractivity contribution in [1.82, 2.24) is 0 Å². The third-order valence-electron chi connectivity index (χ3n) is 2.11. The molecule has 0 aliphatic heterocycles. The Labute approximate surface area is 105 Å². The van der Waals surface area contributed by atoms with Gasteiger partial charge in [0.1, 0.15) is 11.9 Å². The number of hydrogen-bond donors (Lipinski definition) is 1. The van der Waals surface area contributed by atoms with Crippen LogP contribution in [0.15, 0.2) is 24.3 Å². The molecule has 0 spiro atoms. The molecule has 0 bridgehead atoms. The van der Waals surface area contributed by atoms with Crippen LogP contribution in [-0.4, -0.2) is 29.9 Å². The number of halogens is 1. The highest BCUT2D eigenvalue weighted by atomic mass is 35.5. The normalized spacial score (nSPS) is 13.9. The molecule has 94 valence electrons. The highest BCUT2D eigenvalue weighted by molar-refractivity contribution is 6.30. The zero-order valence-corrected chi connectivity index (χ0v) is 10.5. The van der Waals surface area contributed by atoms with Crippen LogP contribution in [0.2, 0.25) is 5.02 Å². The molecule has 0 aromatic heterocycles. The predicted octanol–water partition coefficient (Wildman–Crippen LogP) is 2.03.